The predicted octanol–water partition coefficient (Wildman–Crippen LogP) is 6.04. The summed E-state index contributed by atoms with van der Waals surface area (Å²) in [6.45, 7) is 8.74. The van der Waals surface area contributed by atoms with Crippen LogP contribution in [0.15, 0.2) is 98.7 Å². The molecule has 0 saturated carbocycles. The van der Waals surface area contributed by atoms with E-state index in [1.54, 1.807) is 6.34 Å². The number of aryl methyl sites for hydroxylation is 2. The summed E-state index contributed by atoms with van der Waals surface area (Å²) in [7, 11) is 0. The molecule has 0 spiro atoms. The number of hydrogen-bond donors (Lipinski definition) is 1. The number of rotatable bonds is 5. The van der Waals surface area contributed by atoms with E-state index in [1.165, 1.54) is 0 Å². The van der Waals surface area contributed by atoms with Crippen LogP contribution in [0.2, 0.25) is 0 Å². The molecule has 8 nitrogen and oxygen atoms in total. The van der Waals surface area contributed by atoms with Crippen LogP contribution in [-0.4, -0.2) is 38.5 Å². The zero-order valence-corrected chi connectivity index (χ0v) is 24.7. The van der Waals surface area contributed by atoms with Gasteiger partial charge in [-0.2, -0.15) is 5.10 Å². The molecular formula is C35H33N7O. The van der Waals surface area contributed by atoms with Crippen molar-refractivity contribution < 1.29 is 0 Å². The van der Waals surface area contributed by atoms with Gasteiger partial charge in [-0.05, 0) is 78.2 Å². The standard InChI is InChI=1S/C35H33N7O/c1-20(2)32-31-33(25-12-14-27-23(16-25)13-15-29(36)39-27)40-41(34(31)38-19-37-32)18-26-17-24-10-7-9-22(4)30(24)35(43)42(26)28-11-6-5-8-21(28)3/h5-17,19-20,31,34H,18H2,1-4H3,(H2,36,39). The Balaban J connectivity index is 1.40. The number of para-hydroxylation sites is 1. The molecule has 43 heavy (non-hydrogen) atoms. The van der Waals surface area contributed by atoms with E-state index in [1.807, 2.05) is 90.2 Å². The summed E-state index contributed by atoms with van der Waals surface area (Å²) in [5.41, 5.74) is 13.4. The number of pyridine rings is 2. The summed E-state index contributed by atoms with van der Waals surface area (Å²) < 4.78 is 1.85. The van der Waals surface area contributed by atoms with Crippen molar-refractivity contribution in [3.05, 3.63) is 112 Å². The quantitative estimate of drug-likeness (QED) is 0.280. The summed E-state index contributed by atoms with van der Waals surface area (Å²) in [4.78, 5) is 28.3. The third kappa shape index (κ3) is 4.50. The Morgan fingerprint density at radius 1 is 0.907 bits per heavy atom. The van der Waals surface area contributed by atoms with E-state index >= 15 is 0 Å². The third-order valence-corrected chi connectivity index (χ3v) is 8.49. The van der Waals surface area contributed by atoms with Crippen molar-refractivity contribution in [2.75, 3.05) is 5.73 Å². The maximum atomic E-state index is 14.2. The highest BCUT2D eigenvalue weighted by Gasteiger charge is 2.43. The van der Waals surface area contributed by atoms with Gasteiger partial charge >= 0.3 is 0 Å². The molecule has 0 fully saturated rings. The molecule has 7 rings (SSSR count). The van der Waals surface area contributed by atoms with Crippen LogP contribution in [0.1, 0.15) is 36.2 Å². The Hall–Kier alpha value is -5.11. The van der Waals surface area contributed by atoms with Crippen LogP contribution in [0.5, 0.6) is 0 Å². The van der Waals surface area contributed by atoms with Crippen LogP contribution in [-0.2, 0) is 6.54 Å². The highest BCUT2D eigenvalue weighted by molar-refractivity contribution is 6.19. The van der Waals surface area contributed by atoms with E-state index < -0.39 is 0 Å². The van der Waals surface area contributed by atoms with Crippen molar-refractivity contribution in [2.45, 2.75) is 40.4 Å². The normalized spacial score (nSPS) is 17.9. The van der Waals surface area contributed by atoms with Gasteiger partial charge in [0, 0.05) is 16.8 Å². The molecule has 8 heteroatoms. The molecule has 2 aliphatic heterocycles. The molecule has 0 bridgehead atoms. The average molecular weight is 568 g/mol. The maximum Gasteiger partial charge on any atom is 0.263 e. The second-order valence-electron chi connectivity index (χ2n) is 11.7. The zero-order valence-electron chi connectivity index (χ0n) is 24.7. The van der Waals surface area contributed by atoms with Crippen molar-refractivity contribution >= 4 is 45.3 Å². The predicted molar refractivity (Wildman–Crippen MR) is 175 cm³/mol. The highest BCUT2D eigenvalue weighted by atomic mass is 16.1. The number of anilines is 1. The van der Waals surface area contributed by atoms with Crippen LogP contribution in [0.3, 0.4) is 0 Å². The lowest BCUT2D eigenvalue weighted by molar-refractivity contribution is 0.209. The molecule has 0 saturated heterocycles. The molecular weight excluding hydrogens is 534 g/mol. The second-order valence-corrected chi connectivity index (χ2v) is 11.7. The lowest BCUT2D eigenvalue weighted by Gasteiger charge is -2.30. The topological polar surface area (TPSA) is 101 Å². The summed E-state index contributed by atoms with van der Waals surface area (Å²) in [6, 6.07) is 26.1. The van der Waals surface area contributed by atoms with Crippen molar-refractivity contribution in [3.8, 4) is 5.69 Å². The van der Waals surface area contributed by atoms with Gasteiger partial charge in [0.25, 0.3) is 5.56 Å². The van der Waals surface area contributed by atoms with Gasteiger partial charge in [-0.25, -0.2) is 15.0 Å². The average Bonchev–Trinajstić information content (AvgIpc) is 3.36. The minimum Gasteiger partial charge on any atom is -0.384 e. The smallest absolute Gasteiger partial charge is 0.263 e. The van der Waals surface area contributed by atoms with Gasteiger partial charge in [0.05, 0.1) is 34.8 Å². The van der Waals surface area contributed by atoms with Gasteiger partial charge < -0.3 is 5.73 Å². The first kappa shape index (κ1) is 26.8. The molecule has 3 aromatic carbocycles. The molecule has 4 heterocycles. The van der Waals surface area contributed by atoms with Gasteiger partial charge in [-0.3, -0.25) is 14.4 Å². The Morgan fingerprint density at radius 2 is 1.72 bits per heavy atom. The number of aliphatic imine (C=N–C) groups is 2. The van der Waals surface area contributed by atoms with Crippen molar-refractivity contribution in [1.82, 2.24) is 14.6 Å². The van der Waals surface area contributed by atoms with Crippen molar-refractivity contribution in [2.24, 2.45) is 26.9 Å². The number of fused-ring (bicyclic) bond motifs is 3. The minimum absolute atomic E-state index is 0.0299. The lowest BCUT2D eigenvalue weighted by Crippen LogP contribution is -2.41. The van der Waals surface area contributed by atoms with Crippen LogP contribution in [0.4, 0.5) is 5.82 Å². The van der Waals surface area contributed by atoms with Crippen LogP contribution in [0.25, 0.3) is 27.4 Å². The Labute approximate surface area is 249 Å². The SMILES string of the molecule is Cc1ccccc1-n1c(CN2N=C(c3ccc4nc(N)ccc4c3)C3C(C(C)C)=NC=NC32)cc2cccc(C)c2c1=O. The fourth-order valence-electron chi connectivity index (χ4n) is 6.40. The van der Waals surface area contributed by atoms with Crippen molar-refractivity contribution in [1.29, 1.82) is 0 Å². The molecule has 2 aliphatic rings. The number of hydrazone groups is 1. The summed E-state index contributed by atoms with van der Waals surface area (Å²) in [5, 5.41) is 9.89. The van der Waals surface area contributed by atoms with E-state index in [4.69, 9.17) is 20.8 Å². The Morgan fingerprint density at radius 3 is 2.53 bits per heavy atom. The molecule has 2 atom stereocenters. The van der Waals surface area contributed by atoms with Gasteiger partial charge in [-0.15, -0.1) is 0 Å². The van der Waals surface area contributed by atoms with E-state index in [2.05, 4.69) is 31.0 Å². The highest BCUT2D eigenvalue weighted by Crippen LogP contribution is 2.35. The molecule has 2 unspecified atom stereocenters. The number of hydrogen-bond acceptors (Lipinski definition) is 7. The fourth-order valence-corrected chi connectivity index (χ4v) is 6.40. The van der Waals surface area contributed by atoms with Crippen LogP contribution in [0, 0.1) is 25.7 Å². The molecule has 0 radical (unpaired) electrons. The zero-order chi connectivity index (χ0) is 29.8. The third-order valence-electron chi connectivity index (χ3n) is 8.49. The largest absolute Gasteiger partial charge is 0.384 e. The van der Waals surface area contributed by atoms with Gasteiger partial charge in [-0.1, -0.05) is 56.3 Å². The lowest BCUT2D eigenvalue weighted by atomic mass is 9.84. The van der Waals surface area contributed by atoms with E-state index in [9.17, 15) is 4.79 Å². The number of benzene rings is 3. The van der Waals surface area contributed by atoms with Gasteiger partial charge in [0.15, 0.2) is 6.17 Å². The number of nitrogens with zero attached hydrogens (tertiary/aromatic N) is 6. The minimum atomic E-state index is -0.279. The Bertz CT molecular complexity index is 2070. The van der Waals surface area contributed by atoms with Gasteiger partial charge in [0.2, 0.25) is 0 Å². The molecule has 2 N–H and O–H groups in total. The first-order valence-electron chi connectivity index (χ1n) is 14.6. The number of nitrogens with two attached hydrogens (primary N) is 1. The van der Waals surface area contributed by atoms with Gasteiger partial charge in [0.1, 0.15) is 12.2 Å². The fraction of sp³-hybridized carbons (Fsp3) is 0.229. The van der Waals surface area contributed by atoms with Crippen molar-refractivity contribution in [3.63, 3.8) is 0 Å². The van der Waals surface area contributed by atoms with Crippen LogP contribution >= 0.6 is 0 Å². The second kappa shape index (κ2) is 10.3. The monoisotopic (exact) mass is 567 g/mol. The van der Waals surface area contributed by atoms with E-state index in [0.29, 0.717) is 12.4 Å². The van der Waals surface area contributed by atoms with Crippen LogP contribution < -0.4 is 11.3 Å². The number of nitrogen functional groups attached to an aromatic ring is 1. The van der Waals surface area contributed by atoms with E-state index in [0.717, 1.165) is 61.2 Å². The Kier molecular flexibility index (Phi) is 6.42. The maximum absolute atomic E-state index is 14.2. The molecule has 2 aromatic heterocycles. The van der Waals surface area contributed by atoms with E-state index in [-0.39, 0.29) is 23.6 Å². The molecule has 5 aromatic rings. The first-order chi connectivity index (χ1) is 20.8. The first-order valence-corrected chi connectivity index (χ1v) is 14.6. The summed E-state index contributed by atoms with van der Waals surface area (Å²) >= 11 is 0. The molecule has 0 aliphatic carbocycles. The number of aromatic nitrogens is 2. The molecule has 0 amide bonds. The summed E-state index contributed by atoms with van der Waals surface area (Å²) in [5.74, 6) is 0.580. The molecule has 214 valence electrons. The summed E-state index contributed by atoms with van der Waals surface area (Å²) in [6.07, 6.45) is 1.38.